The van der Waals surface area contributed by atoms with E-state index in [-0.39, 0.29) is 18.0 Å². The summed E-state index contributed by atoms with van der Waals surface area (Å²) in [7, 11) is 0. The van der Waals surface area contributed by atoms with Crippen LogP contribution in [0, 0.1) is 5.82 Å². The molecule has 0 bridgehead atoms. The largest absolute Gasteiger partial charge is 0.444 e. The monoisotopic (exact) mass is 358 g/mol. The third-order valence-corrected chi connectivity index (χ3v) is 3.91. The van der Waals surface area contributed by atoms with Gasteiger partial charge in [-0.2, -0.15) is 0 Å². The Labute approximate surface area is 132 Å². The van der Waals surface area contributed by atoms with Crippen LogP contribution in [0.1, 0.15) is 44.4 Å². The lowest BCUT2D eigenvalue weighted by atomic mass is 10.00. The standard InChI is InChI=1S/C15H20BrFN2O2/c1-15(2,3)21-14(20)19-5-4-13(18)10-7-12(17)11(16)6-9(10)8-19/h6-7,13H,4-5,8,18H2,1-3H3/t13-/m1/s1. The number of fused-ring (bicyclic) bond motifs is 1. The Balaban J connectivity index is 2.27. The molecule has 1 aromatic rings. The normalized spacial score (nSPS) is 19.0. The van der Waals surface area contributed by atoms with Crippen molar-refractivity contribution in [3.63, 3.8) is 0 Å². The van der Waals surface area contributed by atoms with Gasteiger partial charge in [-0.15, -0.1) is 0 Å². The van der Waals surface area contributed by atoms with E-state index in [1.807, 2.05) is 20.8 Å². The molecule has 0 aliphatic carbocycles. The Bertz CT molecular complexity index is 557. The van der Waals surface area contributed by atoms with Crippen LogP contribution in [0.15, 0.2) is 16.6 Å². The minimum absolute atomic E-state index is 0.282. The molecular formula is C15H20BrFN2O2. The van der Waals surface area contributed by atoms with E-state index in [1.165, 1.54) is 6.07 Å². The first kappa shape index (κ1) is 16.2. The highest BCUT2D eigenvalue weighted by atomic mass is 79.9. The third-order valence-electron chi connectivity index (χ3n) is 3.30. The number of hydrogen-bond donors (Lipinski definition) is 1. The highest BCUT2D eigenvalue weighted by molar-refractivity contribution is 9.10. The van der Waals surface area contributed by atoms with E-state index >= 15 is 0 Å². The number of hydrogen-bond acceptors (Lipinski definition) is 3. The molecule has 0 aromatic heterocycles. The first-order chi connectivity index (χ1) is 9.67. The SMILES string of the molecule is CC(C)(C)OC(=O)N1CC[C@@H](N)c2cc(F)c(Br)cc2C1. The minimum Gasteiger partial charge on any atom is -0.444 e. The molecule has 4 nitrogen and oxygen atoms in total. The molecule has 2 N–H and O–H groups in total. The molecule has 0 unspecified atom stereocenters. The van der Waals surface area contributed by atoms with Gasteiger partial charge in [0, 0.05) is 19.1 Å². The lowest BCUT2D eigenvalue weighted by Gasteiger charge is -2.26. The summed E-state index contributed by atoms with van der Waals surface area (Å²) in [5, 5.41) is 0. The van der Waals surface area contributed by atoms with Gasteiger partial charge in [0.2, 0.25) is 0 Å². The van der Waals surface area contributed by atoms with Crippen LogP contribution >= 0.6 is 15.9 Å². The number of halogens is 2. The van der Waals surface area contributed by atoms with Gasteiger partial charge in [0.05, 0.1) is 4.47 Å². The average molecular weight is 359 g/mol. The van der Waals surface area contributed by atoms with Gasteiger partial charge in [0.15, 0.2) is 0 Å². The second-order valence-electron chi connectivity index (χ2n) is 6.26. The Morgan fingerprint density at radius 1 is 1.48 bits per heavy atom. The molecule has 1 aliphatic rings. The van der Waals surface area contributed by atoms with Crippen molar-refractivity contribution in [2.24, 2.45) is 5.73 Å². The van der Waals surface area contributed by atoms with Crippen LogP contribution in [0.5, 0.6) is 0 Å². The zero-order chi connectivity index (χ0) is 15.8. The first-order valence-corrected chi connectivity index (χ1v) is 7.68. The van der Waals surface area contributed by atoms with E-state index < -0.39 is 5.60 Å². The fraction of sp³-hybridized carbons (Fsp3) is 0.533. The van der Waals surface area contributed by atoms with Gasteiger partial charge in [0.25, 0.3) is 0 Å². The average Bonchev–Trinajstić information content (AvgIpc) is 2.49. The number of nitrogens with zero attached hydrogens (tertiary/aromatic N) is 1. The molecule has 0 fully saturated rings. The molecule has 6 heteroatoms. The highest BCUT2D eigenvalue weighted by Gasteiger charge is 2.27. The second-order valence-corrected chi connectivity index (χ2v) is 7.12. The van der Waals surface area contributed by atoms with Crippen molar-refractivity contribution >= 4 is 22.0 Å². The summed E-state index contributed by atoms with van der Waals surface area (Å²) in [6, 6.07) is 2.85. The first-order valence-electron chi connectivity index (χ1n) is 6.88. The number of amides is 1. The predicted octanol–water partition coefficient (Wildman–Crippen LogP) is 3.73. The van der Waals surface area contributed by atoms with E-state index in [0.29, 0.717) is 24.0 Å². The number of carbonyl (C=O) groups excluding carboxylic acids is 1. The summed E-state index contributed by atoms with van der Waals surface area (Å²) in [6.45, 7) is 6.35. The van der Waals surface area contributed by atoms with Gasteiger partial charge < -0.3 is 15.4 Å². The van der Waals surface area contributed by atoms with Gasteiger partial charge >= 0.3 is 6.09 Å². The van der Waals surface area contributed by atoms with Gasteiger partial charge in [-0.25, -0.2) is 9.18 Å². The van der Waals surface area contributed by atoms with Crippen molar-refractivity contribution in [3.8, 4) is 0 Å². The zero-order valence-corrected chi connectivity index (χ0v) is 14.0. The van der Waals surface area contributed by atoms with E-state index in [9.17, 15) is 9.18 Å². The van der Waals surface area contributed by atoms with Crippen LogP contribution in [0.25, 0.3) is 0 Å². The maximum absolute atomic E-state index is 13.7. The van der Waals surface area contributed by atoms with Crippen LogP contribution in [-0.4, -0.2) is 23.1 Å². The van der Waals surface area contributed by atoms with Crippen LogP contribution < -0.4 is 5.73 Å². The van der Waals surface area contributed by atoms with E-state index in [4.69, 9.17) is 10.5 Å². The van der Waals surface area contributed by atoms with Crippen molar-refractivity contribution in [1.82, 2.24) is 4.90 Å². The van der Waals surface area contributed by atoms with E-state index in [1.54, 1.807) is 11.0 Å². The summed E-state index contributed by atoms with van der Waals surface area (Å²) in [4.78, 5) is 13.8. The quantitative estimate of drug-likeness (QED) is 0.768. The Hall–Kier alpha value is -1.14. The summed E-state index contributed by atoms with van der Waals surface area (Å²) in [5.41, 5.74) is 7.15. The highest BCUT2D eigenvalue weighted by Crippen LogP contribution is 2.30. The van der Waals surface area contributed by atoms with Gasteiger partial charge in [0.1, 0.15) is 11.4 Å². The number of benzene rings is 1. The molecule has 1 heterocycles. The van der Waals surface area contributed by atoms with E-state index in [2.05, 4.69) is 15.9 Å². The molecule has 0 saturated carbocycles. The summed E-state index contributed by atoms with van der Waals surface area (Å²) in [6.07, 6.45) is 0.204. The van der Waals surface area contributed by atoms with Gasteiger partial charge in [-0.3, -0.25) is 0 Å². The zero-order valence-electron chi connectivity index (χ0n) is 12.5. The molecule has 1 amide bonds. The molecule has 1 aliphatic heterocycles. The van der Waals surface area contributed by atoms with Gasteiger partial charge in [-0.05, 0) is 66.4 Å². The maximum Gasteiger partial charge on any atom is 0.410 e. The molecule has 116 valence electrons. The minimum atomic E-state index is -0.544. The van der Waals surface area contributed by atoms with Crippen molar-refractivity contribution in [2.75, 3.05) is 6.54 Å². The van der Waals surface area contributed by atoms with Crippen LogP contribution in [0.3, 0.4) is 0 Å². The fourth-order valence-corrected chi connectivity index (χ4v) is 2.69. The topological polar surface area (TPSA) is 55.6 Å². The molecule has 2 rings (SSSR count). The second kappa shape index (κ2) is 5.93. The number of carbonyl (C=O) groups is 1. The van der Waals surface area contributed by atoms with Crippen LogP contribution in [0.4, 0.5) is 9.18 Å². The van der Waals surface area contributed by atoms with E-state index in [0.717, 1.165) is 11.1 Å². The molecule has 1 atom stereocenters. The molecule has 0 saturated heterocycles. The predicted molar refractivity (Wildman–Crippen MR) is 82.3 cm³/mol. The third kappa shape index (κ3) is 3.95. The fourth-order valence-electron chi connectivity index (χ4n) is 2.30. The molecule has 21 heavy (non-hydrogen) atoms. The van der Waals surface area contributed by atoms with Crippen molar-refractivity contribution in [2.45, 2.75) is 45.4 Å². The number of nitrogens with two attached hydrogens (primary N) is 1. The molecule has 0 spiro atoms. The number of rotatable bonds is 0. The number of ether oxygens (including phenoxy) is 1. The lowest BCUT2D eigenvalue weighted by Crippen LogP contribution is -2.36. The van der Waals surface area contributed by atoms with Crippen molar-refractivity contribution in [3.05, 3.63) is 33.5 Å². The maximum atomic E-state index is 13.7. The van der Waals surface area contributed by atoms with Crippen molar-refractivity contribution < 1.29 is 13.9 Å². The Morgan fingerprint density at radius 3 is 2.76 bits per heavy atom. The van der Waals surface area contributed by atoms with Gasteiger partial charge in [-0.1, -0.05) is 0 Å². The molecular weight excluding hydrogens is 339 g/mol. The molecule has 0 radical (unpaired) electrons. The summed E-state index contributed by atoms with van der Waals surface area (Å²) in [5.74, 6) is -0.338. The van der Waals surface area contributed by atoms with Crippen LogP contribution in [-0.2, 0) is 11.3 Å². The summed E-state index contributed by atoms with van der Waals surface area (Å²) >= 11 is 3.18. The van der Waals surface area contributed by atoms with Crippen molar-refractivity contribution in [1.29, 1.82) is 0 Å². The Kier molecular flexibility index (Phi) is 4.58. The lowest BCUT2D eigenvalue weighted by molar-refractivity contribution is 0.0235. The molecule has 1 aromatic carbocycles. The van der Waals surface area contributed by atoms with Crippen LogP contribution in [0.2, 0.25) is 0 Å². The smallest absolute Gasteiger partial charge is 0.410 e. The summed E-state index contributed by atoms with van der Waals surface area (Å²) < 4.78 is 19.5. The Morgan fingerprint density at radius 2 is 2.14 bits per heavy atom.